The van der Waals surface area contributed by atoms with Crippen molar-refractivity contribution in [2.24, 2.45) is 5.73 Å². The molecule has 1 fully saturated rings. The Balaban J connectivity index is 2.04. The molecule has 0 bridgehead atoms. The molecule has 1 aromatic carbocycles. The van der Waals surface area contributed by atoms with E-state index >= 15 is 0 Å². The van der Waals surface area contributed by atoms with Crippen molar-refractivity contribution in [3.8, 4) is 0 Å². The molecule has 0 saturated carbocycles. The maximum Gasteiger partial charge on any atom is 0.00206 e. The lowest BCUT2D eigenvalue weighted by Crippen LogP contribution is -2.08. The van der Waals surface area contributed by atoms with E-state index in [1.807, 2.05) is 0 Å². The molecular weight excluding hydrogens is 184 g/mol. The van der Waals surface area contributed by atoms with Crippen LogP contribution in [0.2, 0.25) is 0 Å². The Hall–Kier alpha value is -0.860. The van der Waals surface area contributed by atoms with E-state index in [4.69, 9.17) is 5.73 Å². The summed E-state index contributed by atoms with van der Waals surface area (Å²) in [6.45, 7) is 3.09. The second-order valence-electron chi connectivity index (χ2n) is 4.33. The number of aryl methyl sites for hydroxylation is 1. The smallest absolute Gasteiger partial charge is 0.00206 e. The molecule has 1 saturated heterocycles. The molecule has 1 aliphatic rings. The lowest BCUT2D eigenvalue weighted by atomic mass is 9.95. The van der Waals surface area contributed by atoms with Crippen LogP contribution in [0.5, 0.6) is 0 Å². The molecule has 15 heavy (non-hydrogen) atoms. The third-order valence-electron chi connectivity index (χ3n) is 3.15. The van der Waals surface area contributed by atoms with Crippen LogP contribution in [-0.2, 0) is 6.42 Å². The summed E-state index contributed by atoms with van der Waals surface area (Å²) in [4.78, 5) is 0. The molecule has 1 aliphatic heterocycles. The fraction of sp³-hybridized carbons (Fsp3) is 0.538. The van der Waals surface area contributed by atoms with Crippen molar-refractivity contribution in [3.05, 3.63) is 35.4 Å². The number of nitrogens with one attached hydrogen (secondary N) is 1. The molecule has 82 valence electrons. The molecule has 0 aromatic heterocycles. The van der Waals surface area contributed by atoms with Crippen molar-refractivity contribution < 1.29 is 0 Å². The molecule has 2 nitrogen and oxygen atoms in total. The first-order valence-corrected chi connectivity index (χ1v) is 5.90. The molecule has 1 unspecified atom stereocenters. The maximum atomic E-state index is 5.53. The monoisotopic (exact) mass is 204 g/mol. The van der Waals surface area contributed by atoms with Crippen molar-refractivity contribution in [1.29, 1.82) is 0 Å². The van der Waals surface area contributed by atoms with Crippen LogP contribution in [0.25, 0.3) is 0 Å². The third-order valence-corrected chi connectivity index (χ3v) is 3.15. The maximum absolute atomic E-state index is 5.53. The molecule has 1 heterocycles. The van der Waals surface area contributed by atoms with Crippen molar-refractivity contribution in [2.75, 3.05) is 19.6 Å². The molecule has 1 aromatic rings. The second kappa shape index (κ2) is 5.29. The molecule has 2 heteroatoms. The van der Waals surface area contributed by atoms with Crippen molar-refractivity contribution in [3.63, 3.8) is 0 Å². The zero-order valence-electron chi connectivity index (χ0n) is 9.21. The van der Waals surface area contributed by atoms with Gasteiger partial charge in [-0.2, -0.15) is 0 Å². The highest BCUT2D eigenvalue weighted by Gasteiger charge is 2.16. The largest absolute Gasteiger partial charge is 0.330 e. The SMILES string of the molecule is NCCCc1cccc(C2CCNC2)c1. The normalized spacial score (nSPS) is 20.7. The molecule has 3 N–H and O–H groups in total. The summed E-state index contributed by atoms with van der Waals surface area (Å²) in [7, 11) is 0. The Morgan fingerprint density at radius 1 is 1.40 bits per heavy atom. The van der Waals surface area contributed by atoms with Gasteiger partial charge in [0, 0.05) is 6.54 Å². The zero-order chi connectivity index (χ0) is 10.5. The summed E-state index contributed by atoms with van der Waals surface area (Å²) in [6.07, 6.45) is 3.48. The average molecular weight is 204 g/mol. The van der Waals surface area contributed by atoms with Gasteiger partial charge in [-0.3, -0.25) is 0 Å². The van der Waals surface area contributed by atoms with Crippen molar-refractivity contribution in [1.82, 2.24) is 5.32 Å². The van der Waals surface area contributed by atoms with Crippen LogP contribution in [0, 0.1) is 0 Å². The molecule has 0 radical (unpaired) electrons. The minimum atomic E-state index is 0.725. The van der Waals surface area contributed by atoms with Crippen LogP contribution in [0.15, 0.2) is 24.3 Å². The number of hydrogen-bond acceptors (Lipinski definition) is 2. The van der Waals surface area contributed by atoms with Gasteiger partial charge in [0.25, 0.3) is 0 Å². The topological polar surface area (TPSA) is 38.0 Å². The Kier molecular flexibility index (Phi) is 3.75. The molecule has 0 spiro atoms. The van der Waals surface area contributed by atoms with Gasteiger partial charge in [-0.25, -0.2) is 0 Å². The van der Waals surface area contributed by atoms with Gasteiger partial charge >= 0.3 is 0 Å². The second-order valence-corrected chi connectivity index (χ2v) is 4.33. The van der Waals surface area contributed by atoms with Gasteiger partial charge in [0.05, 0.1) is 0 Å². The first-order chi connectivity index (χ1) is 7.40. The first-order valence-electron chi connectivity index (χ1n) is 5.90. The summed E-state index contributed by atoms with van der Waals surface area (Å²) >= 11 is 0. The van der Waals surface area contributed by atoms with Crippen LogP contribution >= 0.6 is 0 Å². The van der Waals surface area contributed by atoms with Gasteiger partial charge in [0.15, 0.2) is 0 Å². The average Bonchev–Trinajstić information content (AvgIpc) is 2.80. The van der Waals surface area contributed by atoms with Gasteiger partial charge < -0.3 is 11.1 Å². The van der Waals surface area contributed by atoms with Crippen molar-refractivity contribution in [2.45, 2.75) is 25.2 Å². The van der Waals surface area contributed by atoms with Crippen LogP contribution in [0.1, 0.15) is 29.9 Å². The Labute approximate surface area is 91.9 Å². The number of benzene rings is 1. The van der Waals surface area contributed by atoms with Crippen LogP contribution in [0.4, 0.5) is 0 Å². The fourth-order valence-electron chi connectivity index (χ4n) is 2.25. The van der Waals surface area contributed by atoms with E-state index in [0.717, 1.165) is 38.4 Å². The highest BCUT2D eigenvalue weighted by atomic mass is 14.9. The minimum Gasteiger partial charge on any atom is -0.330 e. The lowest BCUT2D eigenvalue weighted by molar-refractivity contribution is 0.758. The van der Waals surface area contributed by atoms with Gasteiger partial charge in [0.1, 0.15) is 0 Å². The third kappa shape index (κ3) is 2.80. The lowest BCUT2D eigenvalue weighted by Gasteiger charge is -2.10. The van der Waals surface area contributed by atoms with E-state index in [1.54, 1.807) is 0 Å². The van der Waals surface area contributed by atoms with E-state index in [9.17, 15) is 0 Å². The van der Waals surface area contributed by atoms with Gasteiger partial charge in [-0.15, -0.1) is 0 Å². The fourth-order valence-corrected chi connectivity index (χ4v) is 2.25. The predicted molar refractivity (Wildman–Crippen MR) is 64.0 cm³/mol. The number of nitrogens with two attached hydrogens (primary N) is 1. The van der Waals surface area contributed by atoms with E-state index in [1.165, 1.54) is 17.5 Å². The molecule has 0 aliphatic carbocycles. The Bertz CT molecular complexity index is 303. The van der Waals surface area contributed by atoms with E-state index in [-0.39, 0.29) is 0 Å². The van der Waals surface area contributed by atoms with Crippen molar-refractivity contribution >= 4 is 0 Å². The quantitative estimate of drug-likeness (QED) is 0.782. The predicted octanol–water partition coefficient (Wildman–Crippen LogP) is 1.65. The summed E-state index contributed by atoms with van der Waals surface area (Å²) in [5.74, 6) is 0.725. The molecule has 2 rings (SSSR count). The molecular formula is C13H20N2. The van der Waals surface area contributed by atoms with E-state index in [0.29, 0.717) is 0 Å². The molecule has 1 atom stereocenters. The standard InChI is InChI=1S/C13H20N2/c14-7-2-4-11-3-1-5-12(9-11)13-6-8-15-10-13/h1,3,5,9,13,15H,2,4,6-8,10,14H2. The van der Waals surface area contributed by atoms with Gasteiger partial charge in [-0.1, -0.05) is 24.3 Å². The van der Waals surface area contributed by atoms with Crippen LogP contribution < -0.4 is 11.1 Å². The van der Waals surface area contributed by atoms with Crippen LogP contribution in [0.3, 0.4) is 0 Å². The highest BCUT2D eigenvalue weighted by Crippen LogP contribution is 2.23. The highest BCUT2D eigenvalue weighted by molar-refractivity contribution is 5.27. The van der Waals surface area contributed by atoms with Crippen LogP contribution in [-0.4, -0.2) is 19.6 Å². The summed E-state index contributed by atoms with van der Waals surface area (Å²) in [6, 6.07) is 9.00. The molecule has 0 amide bonds. The van der Waals surface area contributed by atoms with Gasteiger partial charge in [0.2, 0.25) is 0 Å². The Morgan fingerprint density at radius 2 is 2.33 bits per heavy atom. The summed E-state index contributed by atoms with van der Waals surface area (Å²) in [5, 5.41) is 3.41. The first kappa shape index (κ1) is 10.7. The minimum absolute atomic E-state index is 0.725. The number of rotatable bonds is 4. The summed E-state index contributed by atoms with van der Waals surface area (Å²) < 4.78 is 0. The van der Waals surface area contributed by atoms with E-state index < -0.39 is 0 Å². The van der Waals surface area contributed by atoms with E-state index in [2.05, 4.69) is 29.6 Å². The number of hydrogen-bond donors (Lipinski definition) is 2. The zero-order valence-corrected chi connectivity index (χ0v) is 9.21. The van der Waals surface area contributed by atoms with Gasteiger partial charge in [-0.05, 0) is 49.4 Å². The Morgan fingerprint density at radius 3 is 3.07 bits per heavy atom. The summed E-state index contributed by atoms with van der Waals surface area (Å²) in [5.41, 5.74) is 8.46.